The quantitative estimate of drug-likeness (QED) is 0.889. The molecule has 0 saturated carbocycles. The molecule has 5 heteroatoms. The van der Waals surface area contributed by atoms with Crippen molar-refractivity contribution in [1.29, 1.82) is 5.26 Å². The zero-order valence-corrected chi connectivity index (χ0v) is 13.1. The van der Waals surface area contributed by atoms with Crippen molar-refractivity contribution in [3.8, 4) is 6.07 Å². The van der Waals surface area contributed by atoms with Gasteiger partial charge in [0.25, 0.3) is 0 Å². The molecule has 0 heterocycles. The summed E-state index contributed by atoms with van der Waals surface area (Å²) in [5.41, 5.74) is 3.15. The largest absolute Gasteiger partial charge is 0.376 e. The lowest BCUT2D eigenvalue weighted by Gasteiger charge is -2.09. The molecule has 2 rings (SSSR count). The van der Waals surface area contributed by atoms with E-state index in [2.05, 4.69) is 32.6 Å². The molecule has 0 saturated heterocycles. The maximum atomic E-state index is 11.9. The van der Waals surface area contributed by atoms with E-state index >= 15 is 0 Å². The summed E-state index contributed by atoms with van der Waals surface area (Å²) in [6.45, 7) is 2.12. The van der Waals surface area contributed by atoms with Gasteiger partial charge in [0, 0.05) is 15.8 Å². The zero-order valence-electron chi connectivity index (χ0n) is 11.5. The first-order valence-electron chi connectivity index (χ1n) is 6.38. The van der Waals surface area contributed by atoms with Gasteiger partial charge in [-0.3, -0.25) is 4.79 Å². The van der Waals surface area contributed by atoms with Gasteiger partial charge in [0.1, 0.15) is 0 Å². The van der Waals surface area contributed by atoms with E-state index in [0.29, 0.717) is 5.56 Å². The Balaban J connectivity index is 1.92. The van der Waals surface area contributed by atoms with Crippen LogP contribution in [-0.4, -0.2) is 12.5 Å². The van der Waals surface area contributed by atoms with E-state index in [-0.39, 0.29) is 12.5 Å². The molecule has 2 aromatic carbocycles. The van der Waals surface area contributed by atoms with Crippen molar-refractivity contribution < 1.29 is 4.79 Å². The second kappa shape index (κ2) is 6.91. The van der Waals surface area contributed by atoms with E-state index in [1.54, 1.807) is 18.2 Å². The molecular weight excluding hydrogens is 330 g/mol. The van der Waals surface area contributed by atoms with E-state index in [1.807, 2.05) is 31.2 Å². The Labute approximate surface area is 131 Å². The Morgan fingerprint density at radius 3 is 2.76 bits per heavy atom. The van der Waals surface area contributed by atoms with E-state index in [9.17, 15) is 4.79 Å². The van der Waals surface area contributed by atoms with Gasteiger partial charge in [-0.15, -0.1) is 0 Å². The van der Waals surface area contributed by atoms with Gasteiger partial charge in [-0.25, -0.2) is 0 Å². The van der Waals surface area contributed by atoms with Crippen molar-refractivity contribution >= 4 is 33.2 Å². The highest BCUT2D eigenvalue weighted by Crippen LogP contribution is 2.20. The third-order valence-corrected chi connectivity index (χ3v) is 3.75. The smallest absolute Gasteiger partial charge is 0.243 e. The summed E-state index contributed by atoms with van der Waals surface area (Å²) in [4.78, 5) is 11.9. The molecule has 2 N–H and O–H groups in total. The molecule has 0 aliphatic rings. The topological polar surface area (TPSA) is 64.9 Å². The van der Waals surface area contributed by atoms with Gasteiger partial charge >= 0.3 is 0 Å². The molecule has 1 amide bonds. The fraction of sp³-hybridized carbons (Fsp3) is 0.125. The van der Waals surface area contributed by atoms with Gasteiger partial charge in [-0.2, -0.15) is 5.26 Å². The number of carbonyl (C=O) groups is 1. The van der Waals surface area contributed by atoms with Crippen LogP contribution in [0.3, 0.4) is 0 Å². The molecule has 0 spiro atoms. The second-order valence-corrected chi connectivity index (χ2v) is 5.41. The van der Waals surface area contributed by atoms with Crippen molar-refractivity contribution in [3.63, 3.8) is 0 Å². The summed E-state index contributed by atoms with van der Waals surface area (Å²) >= 11 is 3.43. The van der Waals surface area contributed by atoms with Crippen LogP contribution in [0.15, 0.2) is 46.9 Å². The standard InChI is InChI=1S/C16H14BrN3O/c1-11-5-6-14(8-15(11)17)20-16(21)10-19-13-4-2-3-12(7-13)9-18/h2-8,19H,10H2,1H3,(H,20,21). The third kappa shape index (κ3) is 4.33. The average Bonchev–Trinajstić information content (AvgIpc) is 2.49. The van der Waals surface area contributed by atoms with Gasteiger partial charge in [-0.05, 0) is 42.8 Å². The van der Waals surface area contributed by atoms with Crippen LogP contribution in [0.25, 0.3) is 0 Å². The number of hydrogen-bond acceptors (Lipinski definition) is 3. The predicted octanol–water partition coefficient (Wildman–Crippen LogP) is 3.68. The van der Waals surface area contributed by atoms with Crippen LogP contribution in [0.1, 0.15) is 11.1 Å². The molecule has 4 nitrogen and oxygen atoms in total. The number of hydrogen-bond donors (Lipinski definition) is 2. The molecule has 0 unspecified atom stereocenters. The van der Waals surface area contributed by atoms with Gasteiger partial charge in [0.15, 0.2) is 0 Å². The number of nitrogens with zero attached hydrogens (tertiary/aromatic N) is 1. The summed E-state index contributed by atoms with van der Waals surface area (Å²) in [5, 5.41) is 14.6. The predicted molar refractivity (Wildman–Crippen MR) is 87.2 cm³/mol. The van der Waals surface area contributed by atoms with Crippen LogP contribution in [0.4, 0.5) is 11.4 Å². The van der Waals surface area contributed by atoms with Crippen LogP contribution >= 0.6 is 15.9 Å². The fourth-order valence-electron chi connectivity index (χ4n) is 1.76. The summed E-state index contributed by atoms with van der Waals surface area (Å²) in [6, 6.07) is 14.7. The molecule has 21 heavy (non-hydrogen) atoms. The molecule has 0 radical (unpaired) electrons. The zero-order chi connectivity index (χ0) is 15.2. The third-order valence-electron chi connectivity index (χ3n) is 2.90. The van der Waals surface area contributed by atoms with Crippen molar-refractivity contribution in [2.24, 2.45) is 0 Å². The Hall–Kier alpha value is -2.32. The minimum Gasteiger partial charge on any atom is -0.376 e. The number of halogens is 1. The van der Waals surface area contributed by atoms with Gasteiger partial charge < -0.3 is 10.6 Å². The number of rotatable bonds is 4. The lowest BCUT2D eigenvalue weighted by molar-refractivity contribution is -0.114. The lowest BCUT2D eigenvalue weighted by atomic mass is 10.2. The Kier molecular flexibility index (Phi) is 4.96. The molecule has 2 aromatic rings. The van der Waals surface area contributed by atoms with Crippen molar-refractivity contribution in [1.82, 2.24) is 0 Å². The monoisotopic (exact) mass is 343 g/mol. The first kappa shape index (κ1) is 15.1. The summed E-state index contributed by atoms with van der Waals surface area (Å²) in [6.07, 6.45) is 0. The highest BCUT2D eigenvalue weighted by Gasteiger charge is 2.04. The Morgan fingerprint density at radius 2 is 2.05 bits per heavy atom. The molecular formula is C16H14BrN3O. The number of benzene rings is 2. The van der Waals surface area contributed by atoms with E-state index < -0.39 is 0 Å². The normalized spacial score (nSPS) is 9.76. The van der Waals surface area contributed by atoms with E-state index in [0.717, 1.165) is 21.4 Å². The maximum absolute atomic E-state index is 11.9. The van der Waals surface area contributed by atoms with Crippen LogP contribution in [-0.2, 0) is 4.79 Å². The summed E-state index contributed by atoms with van der Waals surface area (Å²) in [7, 11) is 0. The highest BCUT2D eigenvalue weighted by molar-refractivity contribution is 9.10. The Bertz CT molecular complexity index is 707. The highest BCUT2D eigenvalue weighted by atomic mass is 79.9. The maximum Gasteiger partial charge on any atom is 0.243 e. The van der Waals surface area contributed by atoms with Gasteiger partial charge in [0.05, 0.1) is 18.2 Å². The minimum atomic E-state index is -0.145. The summed E-state index contributed by atoms with van der Waals surface area (Å²) < 4.78 is 0.954. The minimum absolute atomic E-state index is 0.139. The summed E-state index contributed by atoms with van der Waals surface area (Å²) in [5.74, 6) is -0.145. The lowest BCUT2D eigenvalue weighted by Crippen LogP contribution is -2.21. The molecule has 106 valence electrons. The van der Waals surface area contributed by atoms with Gasteiger partial charge in [0.2, 0.25) is 5.91 Å². The number of amides is 1. The number of carbonyl (C=O) groups excluding carboxylic acids is 1. The van der Waals surface area contributed by atoms with E-state index in [1.165, 1.54) is 0 Å². The number of aryl methyl sites for hydroxylation is 1. The van der Waals surface area contributed by atoms with Crippen molar-refractivity contribution in [2.45, 2.75) is 6.92 Å². The molecule has 0 bridgehead atoms. The first-order valence-corrected chi connectivity index (χ1v) is 7.18. The molecule has 0 atom stereocenters. The van der Waals surface area contributed by atoms with Crippen molar-refractivity contribution in [3.05, 3.63) is 58.1 Å². The fourth-order valence-corrected chi connectivity index (χ4v) is 2.14. The number of anilines is 2. The Morgan fingerprint density at radius 1 is 1.24 bits per heavy atom. The van der Waals surface area contributed by atoms with Crippen LogP contribution in [0.5, 0.6) is 0 Å². The van der Waals surface area contributed by atoms with Crippen LogP contribution < -0.4 is 10.6 Å². The van der Waals surface area contributed by atoms with Crippen LogP contribution in [0.2, 0.25) is 0 Å². The molecule has 0 fully saturated rings. The molecule has 0 aliphatic carbocycles. The van der Waals surface area contributed by atoms with E-state index in [4.69, 9.17) is 5.26 Å². The number of nitriles is 1. The average molecular weight is 344 g/mol. The first-order chi connectivity index (χ1) is 10.1. The molecule has 0 aliphatic heterocycles. The van der Waals surface area contributed by atoms with Gasteiger partial charge in [-0.1, -0.05) is 28.1 Å². The SMILES string of the molecule is Cc1ccc(NC(=O)CNc2cccc(C#N)c2)cc1Br. The number of nitrogens with one attached hydrogen (secondary N) is 2. The second-order valence-electron chi connectivity index (χ2n) is 4.56. The van der Waals surface area contributed by atoms with Crippen molar-refractivity contribution in [2.75, 3.05) is 17.2 Å². The molecule has 0 aromatic heterocycles. The van der Waals surface area contributed by atoms with Crippen LogP contribution in [0, 0.1) is 18.3 Å².